The number of ether oxygens (including phenoxy) is 1. The molecule has 1 fully saturated rings. The number of nitrogens with zero attached hydrogens (tertiary/aromatic N) is 3. The van der Waals surface area contributed by atoms with Crippen LogP contribution >= 0.6 is 0 Å². The highest BCUT2D eigenvalue weighted by atomic mass is 16.5. The maximum atomic E-state index is 5.36. The van der Waals surface area contributed by atoms with Crippen molar-refractivity contribution in [3.8, 4) is 5.88 Å². The number of hydrogen-bond acceptors (Lipinski definition) is 4. The van der Waals surface area contributed by atoms with Crippen molar-refractivity contribution in [2.45, 2.75) is 33.4 Å². The van der Waals surface area contributed by atoms with Crippen LogP contribution in [0.15, 0.2) is 18.3 Å². The Bertz CT molecular complexity index is 369. The van der Waals surface area contributed by atoms with Crippen LogP contribution in [0, 0.1) is 0 Å². The Morgan fingerprint density at radius 3 is 2.47 bits per heavy atom. The van der Waals surface area contributed by atoms with Crippen LogP contribution in [0.2, 0.25) is 0 Å². The monoisotopic (exact) mass is 263 g/mol. The summed E-state index contributed by atoms with van der Waals surface area (Å²) in [6, 6.07) is 4.74. The van der Waals surface area contributed by atoms with Crippen molar-refractivity contribution in [1.29, 1.82) is 0 Å². The van der Waals surface area contributed by atoms with Crippen LogP contribution in [0.3, 0.4) is 0 Å². The number of pyridine rings is 1. The van der Waals surface area contributed by atoms with E-state index in [4.69, 9.17) is 4.74 Å². The number of aromatic nitrogens is 1. The second kappa shape index (κ2) is 6.87. The van der Waals surface area contributed by atoms with E-state index >= 15 is 0 Å². The molecule has 1 aromatic heterocycles. The maximum absolute atomic E-state index is 5.36. The summed E-state index contributed by atoms with van der Waals surface area (Å²) in [5.41, 5.74) is 1.27. The zero-order valence-corrected chi connectivity index (χ0v) is 12.3. The van der Waals surface area contributed by atoms with E-state index in [2.05, 4.69) is 34.7 Å². The smallest absolute Gasteiger partial charge is 0.213 e. The summed E-state index contributed by atoms with van der Waals surface area (Å²) in [6.45, 7) is 12.8. The second-order valence-corrected chi connectivity index (χ2v) is 5.34. The first kappa shape index (κ1) is 14.3. The fourth-order valence-electron chi connectivity index (χ4n) is 2.43. The second-order valence-electron chi connectivity index (χ2n) is 5.34. The third-order valence-electron chi connectivity index (χ3n) is 3.63. The molecule has 1 aliphatic heterocycles. The van der Waals surface area contributed by atoms with Gasteiger partial charge in [0.25, 0.3) is 0 Å². The first-order valence-corrected chi connectivity index (χ1v) is 7.23. The molecule has 0 aliphatic carbocycles. The Labute approximate surface area is 116 Å². The van der Waals surface area contributed by atoms with Gasteiger partial charge in [-0.25, -0.2) is 4.98 Å². The minimum absolute atomic E-state index is 0.661. The van der Waals surface area contributed by atoms with Gasteiger partial charge in [-0.1, -0.05) is 6.07 Å². The molecule has 0 spiro atoms. The predicted molar refractivity (Wildman–Crippen MR) is 77.4 cm³/mol. The van der Waals surface area contributed by atoms with Crippen molar-refractivity contribution < 1.29 is 4.74 Å². The molecule has 19 heavy (non-hydrogen) atoms. The van der Waals surface area contributed by atoms with Gasteiger partial charge in [-0.2, -0.15) is 0 Å². The Morgan fingerprint density at radius 2 is 1.95 bits per heavy atom. The van der Waals surface area contributed by atoms with Crippen LogP contribution in [-0.2, 0) is 6.54 Å². The van der Waals surface area contributed by atoms with Crippen LogP contribution in [0.25, 0.3) is 0 Å². The molecular formula is C15H25N3O. The first-order chi connectivity index (χ1) is 9.19. The molecule has 0 unspecified atom stereocenters. The van der Waals surface area contributed by atoms with Crippen molar-refractivity contribution in [3.05, 3.63) is 23.9 Å². The topological polar surface area (TPSA) is 28.6 Å². The van der Waals surface area contributed by atoms with Crippen molar-refractivity contribution in [2.24, 2.45) is 0 Å². The third kappa shape index (κ3) is 4.18. The van der Waals surface area contributed by atoms with E-state index in [-0.39, 0.29) is 0 Å². The molecule has 4 nitrogen and oxygen atoms in total. The Balaban J connectivity index is 1.82. The normalized spacial score (nSPS) is 17.9. The van der Waals surface area contributed by atoms with Crippen LogP contribution in [0.5, 0.6) is 5.88 Å². The van der Waals surface area contributed by atoms with Gasteiger partial charge in [0, 0.05) is 51.0 Å². The molecule has 0 atom stereocenters. The van der Waals surface area contributed by atoms with Gasteiger partial charge in [0.1, 0.15) is 0 Å². The molecule has 106 valence electrons. The van der Waals surface area contributed by atoms with Gasteiger partial charge in [0.05, 0.1) is 6.61 Å². The maximum Gasteiger partial charge on any atom is 0.213 e. The summed E-state index contributed by atoms with van der Waals surface area (Å²) < 4.78 is 5.36. The highest BCUT2D eigenvalue weighted by Crippen LogP contribution is 2.12. The number of hydrogen-bond donors (Lipinski definition) is 0. The Hall–Kier alpha value is -1.13. The van der Waals surface area contributed by atoms with Crippen LogP contribution < -0.4 is 4.74 Å². The van der Waals surface area contributed by atoms with Crippen molar-refractivity contribution in [1.82, 2.24) is 14.8 Å². The van der Waals surface area contributed by atoms with Crippen LogP contribution in [-0.4, -0.2) is 53.6 Å². The highest BCUT2D eigenvalue weighted by molar-refractivity contribution is 5.17. The van der Waals surface area contributed by atoms with E-state index in [9.17, 15) is 0 Å². The Morgan fingerprint density at radius 1 is 1.21 bits per heavy atom. The number of rotatable bonds is 5. The quantitative estimate of drug-likeness (QED) is 0.812. The molecule has 1 saturated heterocycles. The standard InChI is InChI=1S/C15H25N3O/c1-4-19-15-6-5-14(11-16-15)12-17-7-9-18(10-8-17)13(2)3/h5-6,11,13H,4,7-10,12H2,1-3H3. The van der Waals surface area contributed by atoms with Gasteiger partial charge in [-0.15, -0.1) is 0 Å². The van der Waals surface area contributed by atoms with Gasteiger partial charge in [-0.3, -0.25) is 9.80 Å². The molecule has 0 N–H and O–H groups in total. The van der Waals surface area contributed by atoms with E-state index in [1.807, 2.05) is 19.2 Å². The summed E-state index contributed by atoms with van der Waals surface area (Å²) in [7, 11) is 0. The summed E-state index contributed by atoms with van der Waals surface area (Å²) in [4.78, 5) is 9.35. The summed E-state index contributed by atoms with van der Waals surface area (Å²) in [5, 5.41) is 0. The van der Waals surface area contributed by atoms with E-state index in [0.717, 1.165) is 25.5 Å². The summed E-state index contributed by atoms with van der Waals surface area (Å²) >= 11 is 0. The predicted octanol–water partition coefficient (Wildman–Crippen LogP) is 2.01. The largest absolute Gasteiger partial charge is 0.478 e. The van der Waals surface area contributed by atoms with Gasteiger partial charge >= 0.3 is 0 Å². The Kier molecular flexibility index (Phi) is 5.16. The fraction of sp³-hybridized carbons (Fsp3) is 0.667. The third-order valence-corrected chi connectivity index (χ3v) is 3.63. The van der Waals surface area contributed by atoms with Crippen molar-refractivity contribution in [2.75, 3.05) is 32.8 Å². The molecule has 0 amide bonds. The lowest BCUT2D eigenvalue weighted by Gasteiger charge is -2.36. The minimum Gasteiger partial charge on any atom is -0.478 e. The van der Waals surface area contributed by atoms with Crippen molar-refractivity contribution >= 4 is 0 Å². The zero-order chi connectivity index (χ0) is 13.7. The lowest BCUT2D eigenvalue weighted by Crippen LogP contribution is -2.48. The lowest BCUT2D eigenvalue weighted by atomic mass is 10.2. The molecule has 4 heteroatoms. The van der Waals surface area contributed by atoms with Crippen LogP contribution in [0.4, 0.5) is 0 Å². The molecule has 1 aliphatic rings. The van der Waals surface area contributed by atoms with Gasteiger partial charge < -0.3 is 4.74 Å². The minimum atomic E-state index is 0.661. The molecule has 2 rings (SSSR count). The average Bonchev–Trinajstić information content (AvgIpc) is 2.42. The molecule has 1 aromatic rings. The average molecular weight is 263 g/mol. The summed E-state index contributed by atoms with van der Waals surface area (Å²) in [5.74, 6) is 0.718. The van der Waals surface area contributed by atoms with Crippen molar-refractivity contribution in [3.63, 3.8) is 0 Å². The molecule has 2 heterocycles. The highest BCUT2D eigenvalue weighted by Gasteiger charge is 2.18. The van der Waals surface area contributed by atoms with Gasteiger partial charge in [0.15, 0.2) is 0 Å². The molecular weight excluding hydrogens is 238 g/mol. The van der Waals surface area contributed by atoms with Gasteiger partial charge in [-0.05, 0) is 26.3 Å². The SMILES string of the molecule is CCOc1ccc(CN2CCN(C(C)C)CC2)cn1. The molecule has 0 saturated carbocycles. The zero-order valence-electron chi connectivity index (χ0n) is 12.3. The fourth-order valence-corrected chi connectivity index (χ4v) is 2.43. The van der Waals surface area contributed by atoms with E-state index in [1.54, 1.807) is 0 Å². The lowest BCUT2D eigenvalue weighted by molar-refractivity contribution is 0.104. The molecule has 0 aromatic carbocycles. The van der Waals surface area contributed by atoms with E-state index < -0.39 is 0 Å². The summed E-state index contributed by atoms with van der Waals surface area (Å²) in [6.07, 6.45) is 1.93. The molecule has 0 radical (unpaired) electrons. The molecule has 0 bridgehead atoms. The first-order valence-electron chi connectivity index (χ1n) is 7.23. The van der Waals surface area contributed by atoms with E-state index in [1.165, 1.54) is 18.7 Å². The van der Waals surface area contributed by atoms with Gasteiger partial charge in [0.2, 0.25) is 5.88 Å². The number of piperazine rings is 1. The van der Waals surface area contributed by atoms with E-state index in [0.29, 0.717) is 12.6 Å². The van der Waals surface area contributed by atoms with Crippen LogP contribution in [0.1, 0.15) is 26.3 Å².